The van der Waals surface area contributed by atoms with Crippen LogP contribution in [0.5, 0.6) is 0 Å². The first-order valence-electron chi connectivity index (χ1n) is 5.87. The highest BCUT2D eigenvalue weighted by Crippen LogP contribution is 2.18. The van der Waals surface area contributed by atoms with Crippen molar-refractivity contribution in [3.05, 3.63) is 30.1 Å². The van der Waals surface area contributed by atoms with E-state index in [0.29, 0.717) is 6.04 Å². The second kappa shape index (κ2) is 4.84. The zero-order valence-corrected chi connectivity index (χ0v) is 10.1. The summed E-state index contributed by atoms with van der Waals surface area (Å²) in [6, 6.07) is 6.25. The van der Waals surface area contributed by atoms with E-state index in [9.17, 15) is 9.18 Å². The van der Waals surface area contributed by atoms with Gasteiger partial charge in [-0.2, -0.15) is 0 Å². The predicted molar refractivity (Wildman–Crippen MR) is 65.4 cm³/mol. The number of halogens is 1. The number of carbonyl (C=O) groups excluding carboxylic acids is 1. The summed E-state index contributed by atoms with van der Waals surface area (Å²) >= 11 is 0. The Morgan fingerprint density at radius 1 is 1.35 bits per heavy atom. The molecule has 2 atom stereocenters. The van der Waals surface area contributed by atoms with Crippen molar-refractivity contribution >= 4 is 11.6 Å². The van der Waals surface area contributed by atoms with Crippen molar-refractivity contribution in [1.29, 1.82) is 0 Å². The van der Waals surface area contributed by atoms with E-state index in [2.05, 4.69) is 12.2 Å². The van der Waals surface area contributed by atoms with E-state index in [1.165, 1.54) is 12.1 Å². The molecule has 1 N–H and O–H groups in total. The first kappa shape index (κ1) is 12.0. The molecule has 0 unspecified atom stereocenters. The highest BCUT2D eigenvalue weighted by Gasteiger charge is 2.29. The minimum absolute atomic E-state index is 0.0426. The molecule has 17 heavy (non-hydrogen) atoms. The normalized spacial score (nSPS) is 23.7. The van der Waals surface area contributed by atoms with Gasteiger partial charge in [-0.25, -0.2) is 4.39 Å². The molecule has 0 spiro atoms. The van der Waals surface area contributed by atoms with Crippen LogP contribution in [0.15, 0.2) is 24.3 Å². The van der Waals surface area contributed by atoms with Crippen molar-refractivity contribution in [3.8, 4) is 0 Å². The fraction of sp³-hybridized carbons (Fsp3) is 0.462. The summed E-state index contributed by atoms with van der Waals surface area (Å²) in [7, 11) is 1.72. The second-order valence-electron chi connectivity index (χ2n) is 4.57. The summed E-state index contributed by atoms with van der Waals surface area (Å²) in [6.07, 6.45) is 1.89. The molecular weight excluding hydrogens is 219 g/mol. The standard InChI is InChI=1S/C13H17FN2O/c1-9-3-8-12(15-9)13(17)16(2)11-6-4-10(14)5-7-11/h4-7,9,12,15H,3,8H2,1-2H3/t9-,12+/m1/s1. The molecule has 3 nitrogen and oxygen atoms in total. The van der Waals surface area contributed by atoms with Crippen LogP contribution in [0.25, 0.3) is 0 Å². The largest absolute Gasteiger partial charge is 0.314 e. The number of likely N-dealkylation sites (N-methyl/N-ethyl adjacent to an activating group) is 1. The van der Waals surface area contributed by atoms with E-state index in [1.54, 1.807) is 24.1 Å². The summed E-state index contributed by atoms with van der Waals surface area (Å²) in [6.45, 7) is 2.07. The lowest BCUT2D eigenvalue weighted by atomic mass is 10.2. The Morgan fingerprint density at radius 2 is 2.00 bits per heavy atom. The molecule has 1 aliphatic rings. The third-order valence-corrected chi connectivity index (χ3v) is 3.22. The number of hydrogen-bond donors (Lipinski definition) is 1. The Balaban J connectivity index is 2.06. The van der Waals surface area contributed by atoms with Gasteiger partial charge in [0.25, 0.3) is 0 Å². The van der Waals surface area contributed by atoms with Crippen LogP contribution in [-0.4, -0.2) is 25.0 Å². The summed E-state index contributed by atoms with van der Waals surface area (Å²) in [5, 5.41) is 3.25. The van der Waals surface area contributed by atoms with Crippen molar-refractivity contribution in [2.45, 2.75) is 31.8 Å². The summed E-state index contributed by atoms with van der Waals surface area (Å²) in [5.74, 6) is -0.247. The molecule has 1 aromatic rings. The Labute approximate surface area is 101 Å². The third-order valence-electron chi connectivity index (χ3n) is 3.22. The van der Waals surface area contributed by atoms with Crippen molar-refractivity contribution in [2.75, 3.05) is 11.9 Å². The zero-order chi connectivity index (χ0) is 12.4. The molecule has 1 amide bonds. The van der Waals surface area contributed by atoms with Crippen molar-refractivity contribution in [2.24, 2.45) is 0 Å². The van der Waals surface area contributed by atoms with Gasteiger partial charge >= 0.3 is 0 Å². The van der Waals surface area contributed by atoms with E-state index < -0.39 is 0 Å². The van der Waals surface area contributed by atoms with E-state index in [0.717, 1.165) is 18.5 Å². The zero-order valence-electron chi connectivity index (χ0n) is 10.1. The van der Waals surface area contributed by atoms with Crippen LogP contribution in [0.4, 0.5) is 10.1 Å². The van der Waals surface area contributed by atoms with E-state index in [1.807, 2.05) is 0 Å². The molecule has 0 radical (unpaired) electrons. The molecular formula is C13H17FN2O. The fourth-order valence-corrected chi connectivity index (χ4v) is 2.15. The summed E-state index contributed by atoms with van der Waals surface area (Å²) in [4.78, 5) is 13.7. The Kier molecular flexibility index (Phi) is 3.43. The molecule has 0 aliphatic carbocycles. The smallest absolute Gasteiger partial charge is 0.243 e. The minimum Gasteiger partial charge on any atom is -0.314 e. The van der Waals surface area contributed by atoms with Crippen LogP contribution in [-0.2, 0) is 4.79 Å². The minimum atomic E-state index is -0.290. The van der Waals surface area contributed by atoms with Crippen molar-refractivity contribution < 1.29 is 9.18 Å². The molecule has 0 saturated carbocycles. The third kappa shape index (κ3) is 2.64. The molecule has 0 bridgehead atoms. The number of rotatable bonds is 2. The number of anilines is 1. The van der Waals surface area contributed by atoms with Gasteiger partial charge in [-0.05, 0) is 44.0 Å². The van der Waals surface area contributed by atoms with Crippen LogP contribution >= 0.6 is 0 Å². The molecule has 1 fully saturated rings. The number of amides is 1. The first-order valence-corrected chi connectivity index (χ1v) is 5.87. The number of hydrogen-bond acceptors (Lipinski definition) is 2. The summed E-state index contributed by atoms with van der Waals surface area (Å²) in [5.41, 5.74) is 0.720. The second-order valence-corrected chi connectivity index (χ2v) is 4.57. The van der Waals surface area contributed by atoms with Crippen LogP contribution in [0.1, 0.15) is 19.8 Å². The maximum Gasteiger partial charge on any atom is 0.243 e. The van der Waals surface area contributed by atoms with Crippen LogP contribution in [0.2, 0.25) is 0 Å². The van der Waals surface area contributed by atoms with Gasteiger partial charge in [0, 0.05) is 18.8 Å². The number of benzene rings is 1. The lowest BCUT2D eigenvalue weighted by molar-refractivity contribution is -0.120. The van der Waals surface area contributed by atoms with Gasteiger partial charge in [-0.15, -0.1) is 0 Å². The van der Waals surface area contributed by atoms with Gasteiger partial charge in [0.05, 0.1) is 6.04 Å². The van der Waals surface area contributed by atoms with E-state index >= 15 is 0 Å². The lowest BCUT2D eigenvalue weighted by Gasteiger charge is -2.21. The molecule has 1 heterocycles. The maximum absolute atomic E-state index is 12.8. The highest BCUT2D eigenvalue weighted by molar-refractivity contribution is 5.96. The average Bonchev–Trinajstić information content (AvgIpc) is 2.75. The summed E-state index contributed by atoms with van der Waals surface area (Å²) < 4.78 is 12.8. The molecule has 1 aliphatic heterocycles. The quantitative estimate of drug-likeness (QED) is 0.851. The first-order chi connectivity index (χ1) is 8.08. The lowest BCUT2D eigenvalue weighted by Crippen LogP contribution is -2.43. The van der Waals surface area contributed by atoms with Gasteiger partial charge in [-0.1, -0.05) is 0 Å². The van der Waals surface area contributed by atoms with Gasteiger partial charge in [-0.3, -0.25) is 4.79 Å². The van der Waals surface area contributed by atoms with Gasteiger partial charge < -0.3 is 10.2 Å². The van der Waals surface area contributed by atoms with Crippen molar-refractivity contribution in [3.63, 3.8) is 0 Å². The number of nitrogens with zero attached hydrogens (tertiary/aromatic N) is 1. The molecule has 92 valence electrons. The van der Waals surface area contributed by atoms with E-state index in [-0.39, 0.29) is 17.8 Å². The Morgan fingerprint density at radius 3 is 2.53 bits per heavy atom. The highest BCUT2D eigenvalue weighted by atomic mass is 19.1. The molecule has 2 rings (SSSR count). The van der Waals surface area contributed by atoms with Gasteiger partial charge in [0.1, 0.15) is 5.82 Å². The van der Waals surface area contributed by atoms with E-state index in [4.69, 9.17) is 0 Å². The molecule has 0 aromatic heterocycles. The van der Waals surface area contributed by atoms with Crippen molar-refractivity contribution in [1.82, 2.24) is 5.32 Å². The van der Waals surface area contributed by atoms with Crippen LogP contribution < -0.4 is 10.2 Å². The molecule has 4 heteroatoms. The van der Waals surface area contributed by atoms with Gasteiger partial charge in [0.2, 0.25) is 5.91 Å². The fourth-order valence-electron chi connectivity index (χ4n) is 2.15. The monoisotopic (exact) mass is 236 g/mol. The average molecular weight is 236 g/mol. The topological polar surface area (TPSA) is 32.3 Å². The SMILES string of the molecule is C[C@@H]1CC[C@@H](C(=O)N(C)c2ccc(F)cc2)N1. The Hall–Kier alpha value is -1.42. The molecule has 1 aromatic carbocycles. The van der Waals surface area contributed by atoms with Crippen LogP contribution in [0, 0.1) is 5.82 Å². The van der Waals surface area contributed by atoms with Gasteiger partial charge in [0.15, 0.2) is 0 Å². The number of nitrogens with one attached hydrogen (secondary N) is 1. The molecule has 1 saturated heterocycles. The number of carbonyl (C=O) groups is 1. The Bertz CT molecular complexity index is 404. The van der Waals surface area contributed by atoms with Crippen LogP contribution in [0.3, 0.4) is 0 Å². The maximum atomic E-state index is 12.8. The predicted octanol–water partition coefficient (Wildman–Crippen LogP) is 1.93.